The van der Waals surface area contributed by atoms with E-state index < -0.39 is 11.2 Å². The van der Waals surface area contributed by atoms with Gasteiger partial charge in [0.2, 0.25) is 0 Å². The number of rotatable bonds is 4. The molecule has 0 atom stereocenters. The number of aryl methyl sites for hydroxylation is 3. The second kappa shape index (κ2) is 6.50. The molecule has 3 aromatic rings. The molecule has 2 aromatic carbocycles. The van der Waals surface area contributed by atoms with Gasteiger partial charge in [-0.3, -0.25) is 0 Å². The average Bonchev–Trinajstić information content (AvgIpc) is 3.00. The van der Waals surface area contributed by atoms with Crippen LogP contribution in [0.15, 0.2) is 36.7 Å². The Balaban J connectivity index is 1.85. The summed E-state index contributed by atoms with van der Waals surface area (Å²) in [5.41, 5.74) is 4.10. The summed E-state index contributed by atoms with van der Waals surface area (Å²) in [6.45, 7) is 6.52. The van der Waals surface area contributed by atoms with E-state index >= 15 is 0 Å². The minimum absolute atomic E-state index is 0.109. The van der Waals surface area contributed by atoms with Crippen molar-refractivity contribution in [1.82, 2.24) is 9.55 Å². The first kappa shape index (κ1) is 17.4. The van der Waals surface area contributed by atoms with Crippen molar-refractivity contribution in [3.8, 4) is 6.07 Å². The van der Waals surface area contributed by atoms with E-state index in [1.165, 1.54) is 6.07 Å². The normalized spacial score (nSPS) is 11.7. The fraction of sp³-hybridized carbons (Fsp3) is 0.300. The number of imidazole rings is 1. The van der Waals surface area contributed by atoms with E-state index in [1.807, 2.05) is 37.5 Å². The summed E-state index contributed by atoms with van der Waals surface area (Å²) in [6, 6.07) is 11.5. The van der Waals surface area contributed by atoms with Gasteiger partial charge in [0, 0.05) is 6.54 Å². The van der Waals surface area contributed by atoms with Gasteiger partial charge < -0.3 is 4.57 Å². The summed E-state index contributed by atoms with van der Waals surface area (Å²) in [4.78, 5) is 4.28. The molecule has 0 aliphatic carbocycles. The van der Waals surface area contributed by atoms with Gasteiger partial charge in [-0.1, -0.05) is 29.8 Å². The second-order valence-electron chi connectivity index (χ2n) is 6.80. The van der Waals surface area contributed by atoms with Crippen molar-refractivity contribution in [2.75, 3.05) is 0 Å². The monoisotopic (exact) mass is 355 g/mol. The van der Waals surface area contributed by atoms with Gasteiger partial charge in [-0.15, -0.1) is 0 Å². The van der Waals surface area contributed by atoms with Crippen LogP contribution in [0, 0.1) is 24.1 Å². The average molecular weight is 356 g/mol. The molecular formula is C20H19ClFN3. The molecule has 0 radical (unpaired) electrons. The molecule has 0 saturated heterocycles. The third-order valence-electron chi connectivity index (χ3n) is 4.56. The standard InChI is InChI=1S/C20H19ClFN3/c1-13-10-14(4-5-15(13)20(2,3)11-23)8-9-25-12-24-17-7-6-16(22)18(21)19(17)25/h4-7,10,12H,8-9H2,1-3H3. The highest BCUT2D eigenvalue weighted by Gasteiger charge is 2.21. The lowest BCUT2D eigenvalue weighted by atomic mass is 9.83. The number of hydrogen-bond acceptors (Lipinski definition) is 2. The molecule has 0 unspecified atom stereocenters. The molecule has 0 saturated carbocycles. The second-order valence-corrected chi connectivity index (χ2v) is 7.18. The fourth-order valence-electron chi connectivity index (χ4n) is 3.16. The van der Waals surface area contributed by atoms with Gasteiger partial charge in [-0.2, -0.15) is 5.26 Å². The number of aromatic nitrogens is 2. The van der Waals surface area contributed by atoms with E-state index in [0.717, 1.165) is 23.1 Å². The van der Waals surface area contributed by atoms with Crippen LogP contribution in [0.1, 0.15) is 30.5 Å². The summed E-state index contributed by atoms with van der Waals surface area (Å²) in [5.74, 6) is -0.435. The van der Waals surface area contributed by atoms with Crippen LogP contribution in [0.4, 0.5) is 4.39 Å². The third-order valence-corrected chi connectivity index (χ3v) is 4.92. The van der Waals surface area contributed by atoms with Gasteiger partial charge in [0.15, 0.2) is 0 Å². The van der Waals surface area contributed by atoms with E-state index in [1.54, 1.807) is 12.4 Å². The molecule has 5 heteroatoms. The Morgan fingerprint density at radius 1 is 1.28 bits per heavy atom. The lowest BCUT2D eigenvalue weighted by Crippen LogP contribution is -2.15. The first-order chi connectivity index (χ1) is 11.8. The zero-order valence-corrected chi connectivity index (χ0v) is 15.2. The van der Waals surface area contributed by atoms with Crippen LogP contribution in [0.3, 0.4) is 0 Å². The van der Waals surface area contributed by atoms with Crippen LogP contribution in [-0.4, -0.2) is 9.55 Å². The van der Waals surface area contributed by atoms with E-state index in [-0.39, 0.29) is 5.02 Å². The molecule has 0 aliphatic rings. The van der Waals surface area contributed by atoms with Crippen LogP contribution in [0.5, 0.6) is 0 Å². The van der Waals surface area contributed by atoms with E-state index in [9.17, 15) is 9.65 Å². The van der Waals surface area contributed by atoms with Crippen molar-refractivity contribution in [3.05, 3.63) is 64.2 Å². The Morgan fingerprint density at radius 2 is 2.04 bits per heavy atom. The predicted molar refractivity (Wildman–Crippen MR) is 98.2 cm³/mol. The van der Waals surface area contributed by atoms with Crippen molar-refractivity contribution in [2.45, 2.75) is 39.2 Å². The first-order valence-corrected chi connectivity index (χ1v) is 8.51. The van der Waals surface area contributed by atoms with Crippen LogP contribution >= 0.6 is 11.6 Å². The van der Waals surface area contributed by atoms with Crippen molar-refractivity contribution in [3.63, 3.8) is 0 Å². The number of hydrogen-bond donors (Lipinski definition) is 0. The first-order valence-electron chi connectivity index (χ1n) is 8.13. The van der Waals surface area contributed by atoms with E-state index in [4.69, 9.17) is 11.6 Å². The molecule has 0 spiro atoms. The largest absolute Gasteiger partial charge is 0.329 e. The molecule has 0 N–H and O–H groups in total. The molecule has 0 amide bonds. The molecule has 25 heavy (non-hydrogen) atoms. The molecule has 0 fully saturated rings. The van der Waals surface area contributed by atoms with Crippen LogP contribution in [-0.2, 0) is 18.4 Å². The fourth-order valence-corrected chi connectivity index (χ4v) is 3.43. The summed E-state index contributed by atoms with van der Waals surface area (Å²) in [7, 11) is 0. The zero-order valence-electron chi connectivity index (χ0n) is 14.5. The Bertz CT molecular complexity index is 983. The molecule has 0 bridgehead atoms. The summed E-state index contributed by atoms with van der Waals surface area (Å²) in [5, 5.41) is 9.42. The highest BCUT2D eigenvalue weighted by atomic mass is 35.5. The van der Waals surface area contributed by atoms with Gasteiger partial charge in [-0.05, 0) is 56.0 Å². The van der Waals surface area contributed by atoms with Crippen LogP contribution in [0.2, 0.25) is 5.02 Å². The molecule has 1 heterocycles. The van der Waals surface area contributed by atoms with Gasteiger partial charge in [-0.25, -0.2) is 9.37 Å². The lowest BCUT2D eigenvalue weighted by Gasteiger charge is -2.19. The topological polar surface area (TPSA) is 41.6 Å². The van der Waals surface area contributed by atoms with Crippen LogP contribution in [0.25, 0.3) is 11.0 Å². The highest BCUT2D eigenvalue weighted by Crippen LogP contribution is 2.28. The van der Waals surface area contributed by atoms with Crippen LogP contribution < -0.4 is 0 Å². The summed E-state index contributed by atoms with van der Waals surface area (Å²) >= 11 is 6.10. The predicted octanol–water partition coefficient (Wildman–Crippen LogP) is 5.18. The van der Waals surface area contributed by atoms with Gasteiger partial charge in [0.1, 0.15) is 10.8 Å². The number of nitrogens with zero attached hydrogens (tertiary/aromatic N) is 3. The smallest absolute Gasteiger partial charge is 0.144 e. The van der Waals surface area contributed by atoms with Gasteiger partial charge in [0.05, 0.1) is 28.8 Å². The quantitative estimate of drug-likeness (QED) is 0.647. The van der Waals surface area contributed by atoms with Gasteiger partial charge in [0.25, 0.3) is 0 Å². The summed E-state index contributed by atoms with van der Waals surface area (Å²) in [6.07, 6.45) is 2.46. The molecule has 3 rings (SSSR count). The minimum atomic E-state index is -0.506. The van der Waals surface area contributed by atoms with Crippen molar-refractivity contribution < 1.29 is 4.39 Å². The Hall–Kier alpha value is -2.38. The number of benzene rings is 2. The van der Waals surface area contributed by atoms with Crippen molar-refractivity contribution >= 4 is 22.6 Å². The Kier molecular flexibility index (Phi) is 4.53. The van der Waals surface area contributed by atoms with Crippen molar-refractivity contribution in [1.29, 1.82) is 5.26 Å². The maximum absolute atomic E-state index is 13.7. The van der Waals surface area contributed by atoms with Gasteiger partial charge >= 0.3 is 0 Å². The maximum atomic E-state index is 13.7. The minimum Gasteiger partial charge on any atom is -0.329 e. The molecule has 0 aliphatic heterocycles. The number of fused-ring (bicyclic) bond motifs is 1. The lowest BCUT2D eigenvalue weighted by molar-refractivity contribution is 0.628. The SMILES string of the molecule is Cc1cc(CCn2cnc3ccc(F)c(Cl)c32)ccc1C(C)(C)C#N. The third kappa shape index (κ3) is 3.25. The molecular weight excluding hydrogens is 337 g/mol. The summed E-state index contributed by atoms with van der Waals surface area (Å²) < 4.78 is 15.6. The molecule has 128 valence electrons. The van der Waals surface area contributed by atoms with E-state index in [2.05, 4.69) is 17.1 Å². The zero-order chi connectivity index (χ0) is 18.2. The highest BCUT2D eigenvalue weighted by molar-refractivity contribution is 6.35. The Labute approximate surface area is 151 Å². The van der Waals surface area contributed by atoms with Crippen molar-refractivity contribution in [2.24, 2.45) is 0 Å². The molecule has 1 aromatic heterocycles. The number of nitriles is 1. The maximum Gasteiger partial charge on any atom is 0.144 e. The Morgan fingerprint density at radius 3 is 2.72 bits per heavy atom. The molecule has 3 nitrogen and oxygen atoms in total. The number of halogens is 2. The van der Waals surface area contributed by atoms with E-state index in [0.29, 0.717) is 17.6 Å².